The van der Waals surface area contributed by atoms with Crippen molar-refractivity contribution in [3.8, 4) is 5.19 Å². The Bertz CT molecular complexity index is 363. The molecule has 0 aliphatic carbocycles. The summed E-state index contributed by atoms with van der Waals surface area (Å²) in [7, 11) is 0. The average molecular weight is 238 g/mol. The van der Waals surface area contributed by atoms with Gasteiger partial charge >= 0.3 is 0 Å². The van der Waals surface area contributed by atoms with Gasteiger partial charge in [-0.25, -0.2) is 4.98 Å². The maximum atomic E-state index is 6.06. The fraction of sp³-hybridized carbons (Fsp3) is 0.750. The summed E-state index contributed by atoms with van der Waals surface area (Å²) in [5, 5.41) is 0.869. The van der Waals surface area contributed by atoms with Crippen LogP contribution in [0.1, 0.15) is 23.4 Å². The Labute approximate surface area is 100 Å². The van der Waals surface area contributed by atoms with Gasteiger partial charge in [-0.2, -0.15) is 0 Å². The van der Waals surface area contributed by atoms with Gasteiger partial charge in [0, 0.05) is 11.4 Å². The molecule has 88 valence electrons. The molecule has 4 heteroatoms. The third-order valence-electron chi connectivity index (χ3n) is 3.86. The highest BCUT2D eigenvalue weighted by atomic mass is 32.1. The molecule has 1 aromatic rings. The molecule has 0 radical (unpaired) electrons. The molecule has 2 bridgehead atoms. The average Bonchev–Trinajstić information content (AvgIpc) is 2.59. The molecular weight excluding hydrogens is 220 g/mol. The first-order chi connectivity index (χ1) is 7.72. The van der Waals surface area contributed by atoms with Crippen molar-refractivity contribution in [2.75, 3.05) is 19.6 Å². The van der Waals surface area contributed by atoms with E-state index in [1.165, 1.54) is 30.8 Å². The highest BCUT2D eigenvalue weighted by Crippen LogP contribution is 2.32. The number of rotatable bonds is 2. The van der Waals surface area contributed by atoms with Crippen LogP contribution in [0.15, 0.2) is 0 Å². The van der Waals surface area contributed by atoms with E-state index in [4.69, 9.17) is 4.74 Å². The van der Waals surface area contributed by atoms with Gasteiger partial charge in [0.25, 0.3) is 5.19 Å². The lowest BCUT2D eigenvalue weighted by Crippen LogP contribution is -2.52. The van der Waals surface area contributed by atoms with Gasteiger partial charge in [0.05, 0.1) is 5.69 Å². The number of fused-ring (bicyclic) bond motifs is 3. The van der Waals surface area contributed by atoms with E-state index in [0.29, 0.717) is 6.10 Å². The van der Waals surface area contributed by atoms with Crippen molar-refractivity contribution in [3.63, 3.8) is 0 Å². The summed E-state index contributed by atoms with van der Waals surface area (Å²) in [5.74, 6) is 0.759. The zero-order chi connectivity index (χ0) is 11.1. The number of thiazole rings is 1. The molecule has 0 N–H and O–H groups in total. The van der Waals surface area contributed by atoms with Crippen LogP contribution >= 0.6 is 11.3 Å². The highest BCUT2D eigenvalue weighted by molar-refractivity contribution is 7.13. The van der Waals surface area contributed by atoms with Crippen LogP contribution in [-0.2, 0) is 0 Å². The van der Waals surface area contributed by atoms with Crippen LogP contribution < -0.4 is 4.74 Å². The normalized spacial score (nSPS) is 33.0. The fourth-order valence-corrected chi connectivity index (χ4v) is 3.48. The van der Waals surface area contributed by atoms with Crippen molar-refractivity contribution in [1.29, 1.82) is 0 Å². The van der Waals surface area contributed by atoms with E-state index in [9.17, 15) is 0 Å². The van der Waals surface area contributed by atoms with Crippen molar-refractivity contribution >= 4 is 11.3 Å². The molecule has 1 unspecified atom stereocenters. The summed E-state index contributed by atoms with van der Waals surface area (Å²) in [6, 6.07) is 0. The van der Waals surface area contributed by atoms with Crippen molar-refractivity contribution < 1.29 is 4.74 Å². The number of hydrogen-bond donors (Lipinski definition) is 0. The predicted octanol–water partition coefficient (Wildman–Crippen LogP) is 2.23. The lowest BCUT2D eigenvalue weighted by atomic mass is 9.86. The molecule has 1 atom stereocenters. The maximum Gasteiger partial charge on any atom is 0.273 e. The van der Waals surface area contributed by atoms with Gasteiger partial charge in [-0.1, -0.05) is 11.3 Å². The first-order valence-electron chi connectivity index (χ1n) is 6.05. The lowest BCUT2D eigenvalue weighted by Gasteiger charge is -2.43. The Morgan fingerprint density at radius 2 is 2.06 bits per heavy atom. The summed E-state index contributed by atoms with van der Waals surface area (Å²) in [5.41, 5.74) is 1.11. The van der Waals surface area contributed by atoms with Gasteiger partial charge in [-0.05, 0) is 45.7 Å². The van der Waals surface area contributed by atoms with Crippen molar-refractivity contribution in [1.82, 2.24) is 9.88 Å². The van der Waals surface area contributed by atoms with E-state index < -0.39 is 0 Å². The SMILES string of the molecule is Cc1nc(OC2CN3CCC2CC3)sc1C. The minimum atomic E-state index is 0.382. The van der Waals surface area contributed by atoms with E-state index in [-0.39, 0.29) is 0 Å². The van der Waals surface area contributed by atoms with E-state index in [1.807, 2.05) is 0 Å². The Kier molecular flexibility index (Phi) is 2.64. The van der Waals surface area contributed by atoms with Crippen LogP contribution in [-0.4, -0.2) is 35.6 Å². The molecule has 1 aromatic heterocycles. The fourth-order valence-electron chi connectivity index (χ4n) is 2.67. The Balaban J connectivity index is 1.70. The Hall–Kier alpha value is -0.610. The molecule has 0 spiro atoms. The predicted molar refractivity (Wildman–Crippen MR) is 65.2 cm³/mol. The largest absolute Gasteiger partial charge is 0.465 e. The van der Waals surface area contributed by atoms with Crippen LogP contribution in [0.2, 0.25) is 0 Å². The van der Waals surface area contributed by atoms with Gasteiger partial charge in [-0.3, -0.25) is 4.90 Å². The van der Waals surface area contributed by atoms with E-state index in [2.05, 4.69) is 23.7 Å². The molecule has 3 saturated heterocycles. The zero-order valence-corrected chi connectivity index (χ0v) is 10.7. The number of aromatic nitrogens is 1. The summed E-state index contributed by atoms with van der Waals surface area (Å²) in [6.45, 7) is 7.79. The van der Waals surface area contributed by atoms with Crippen LogP contribution in [0.25, 0.3) is 0 Å². The maximum absolute atomic E-state index is 6.06. The minimum absolute atomic E-state index is 0.382. The lowest BCUT2D eigenvalue weighted by molar-refractivity contribution is -0.00789. The summed E-state index contributed by atoms with van der Waals surface area (Å²) >= 11 is 1.68. The number of aryl methyl sites for hydroxylation is 2. The monoisotopic (exact) mass is 238 g/mol. The van der Waals surface area contributed by atoms with Crippen LogP contribution in [0.5, 0.6) is 5.19 Å². The molecule has 3 aliphatic rings. The molecule has 4 rings (SSSR count). The quantitative estimate of drug-likeness (QED) is 0.790. The van der Waals surface area contributed by atoms with Crippen LogP contribution in [0, 0.1) is 19.8 Å². The van der Waals surface area contributed by atoms with Gasteiger partial charge in [0.15, 0.2) is 0 Å². The summed E-state index contributed by atoms with van der Waals surface area (Å²) < 4.78 is 6.06. The number of hydrogen-bond acceptors (Lipinski definition) is 4. The van der Waals surface area contributed by atoms with E-state index in [1.54, 1.807) is 11.3 Å². The van der Waals surface area contributed by atoms with Crippen molar-refractivity contribution in [2.24, 2.45) is 5.92 Å². The van der Waals surface area contributed by atoms with Crippen LogP contribution in [0.4, 0.5) is 0 Å². The number of nitrogens with zero attached hydrogens (tertiary/aromatic N) is 2. The standard InChI is InChI=1S/C12H18N2OS/c1-8-9(2)16-12(13-8)15-11-7-14-5-3-10(11)4-6-14/h10-11H,3-7H2,1-2H3. The third kappa shape index (κ3) is 1.84. The molecule has 3 aliphatic heterocycles. The molecule has 3 fully saturated rings. The molecule has 4 heterocycles. The molecule has 16 heavy (non-hydrogen) atoms. The topological polar surface area (TPSA) is 25.4 Å². The second kappa shape index (κ2) is 4.00. The molecule has 0 amide bonds. The smallest absolute Gasteiger partial charge is 0.273 e. The zero-order valence-electron chi connectivity index (χ0n) is 9.90. The summed E-state index contributed by atoms with van der Waals surface area (Å²) in [4.78, 5) is 8.25. The third-order valence-corrected chi connectivity index (χ3v) is 4.82. The highest BCUT2D eigenvalue weighted by Gasteiger charge is 2.35. The second-order valence-electron chi connectivity index (χ2n) is 4.92. The van der Waals surface area contributed by atoms with Gasteiger partial charge in [0.1, 0.15) is 6.10 Å². The second-order valence-corrected chi connectivity index (χ2v) is 6.08. The van der Waals surface area contributed by atoms with Gasteiger partial charge < -0.3 is 4.74 Å². The minimum Gasteiger partial charge on any atom is -0.465 e. The van der Waals surface area contributed by atoms with Crippen molar-refractivity contribution in [3.05, 3.63) is 10.6 Å². The van der Waals surface area contributed by atoms with Gasteiger partial charge in [-0.15, -0.1) is 0 Å². The van der Waals surface area contributed by atoms with E-state index >= 15 is 0 Å². The first-order valence-corrected chi connectivity index (χ1v) is 6.87. The summed E-state index contributed by atoms with van der Waals surface area (Å²) in [6.07, 6.45) is 2.98. The van der Waals surface area contributed by atoms with Crippen LogP contribution in [0.3, 0.4) is 0 Å². The van der Waals surface area contributed by atoms with E-state index in [0.717, 1.165) is 23.4 Å². The Morgan fingerprint density at radius 3 is 2.56 bits per heavy atom. The first kappa shape index (κ1) is 10.5. The van der Waals surface area contributed by atoms with Crippen molar-refractivity contribution in [2.45, 2.75) is 32.8 Å². The number of piperidine rings is 3. The molecule has 0 aromatic carbocycles. The number of ether oxygens (including phenoxy) is 1. The molecular formula is C12H18N2OS. The molecule has 3 nitrogen and oxygen atoms in total. The van der Waals surface area contributed by atoms with Gasteiger partial charge in [0.2, 0.25) is 0 Å². The Morgan fingerprint density at radius 1 is 1.31 bits per heavy atom. The molecule has 0 saturated carbocycles.